The summed E-state index contributed by atoms with van der Waals surface area (Å²) >= 11 is 0. The summed E-state index contributed by atoms with van der Waals surface area (Å²) in [6.07, 6.45) is 0.914. The van der Waals surface area contributed by atoms with Crippen molar-refractivity contribution in [3.05, 3.63) is 30.1 Å². The van der Waals surface area contributed by atoms with Crippen molar-refractivity contribution in [1.82, 2.24) is 9.55 Å². The normalized spacial score (nSPS) is 13.4. The lowest BCUT2D eigenvalue weighted by atomic mass is 10.2. The molecule has 0 aliphatic rings. The van der Waals surface area contributed by atoms with E-state index >= 15 is 0 Å². The zero-order chi connectivity index (χ0) is 10.1. The number of rotatable bonds is 2. The molecule has 0 saturated carbocycles. The van der Waals surface area contributed by atoms with Crippen molar-refractivity contribution in [2.75, 3.05) is 0 Å². The minimum atomic E-state index is 0.0346. The van der Waals surface area contributed by atoms with E-state index < -0.39 is 0 Å². The van der Waals surface area contributed by atoms with E-state index in [-0.39, 0.29) is 6.04 Å². The summed E-state index contributed by atoms with van der Waals surface area (Å²) in [4.78, 5) is 4.52. The van der Waals surface area contributed by atoms with E-state index in [4.69, 9.17) is 5.73 Å². The average Bonchev–Trinajstić information content (AvgIpc) is 2.56. The third-order valence-electron chi connectivity index (χ3n) is 2.59. The molecule has 3 nitrogen and oxygen atoms in total. The fourth-order valence-electron chi connectivity index (χ4n) is 1.68. The lowest BCUT2D eigenvalue weighted by molar-refractivity contribution is 0.623. The first-order valence-electron chi connectivity index (χ1n) is 4.91. The van der Waals surface area contributed by atoms with E-state index in [9.17, 15) is 0 Å². The molecule has 14 heavy (non-hydrogen) atoms. The van der Waals surface area contributed by atoms with Crippen LogP contribution in [0.15, 0.2) is 24.3 Å². The molecule has 0 bridgehead atoms. The summed E-state index contributed by atoms with van der Waals surface area (Å²) in [7, 11) is 2.01. The minimum absolute atomic E-state index is 0.0346. The molecule has 2 aromatic rings. The SMILES string of the molecule is CC[C@@H](N)c1nc2ccccc2n1C. The Morgan fingerprint density at radius 1 is 1.43 bits per heavy atom. The number of benzene rings is 1. The predicted octanol–water partition coefficient (Wildman–Crippen LogP) is 1.98. The van der Waals surface area contributed by atoms with E-state index in [2.05, 4.69) is 22.5 Å². The van der Waals surface area contributed by atoms with Gasteiger partial charge in [-0.3, -0.25) is 0 Å². The second-order valence-electron chi connectivity index (χ2n) is 3.53. The minimum Gasteiger partial charge on any atom is -0.330 e. The Labute approximate surface area is 83.6 Å². The quantitative estimate of drug-likeness (QED) is 0.785. The number of aryl methyl sites for hydroxylation is 1. The summed E-state index contributed by atoms with van der Waals surface area (Å²) in [5, 5.41) is 0. The Morgan fingerprint density at radius 3 is 2.79 bits per heavy atom. The highest BCUT2D eigenvalue weighted by molar-refractivity contribution is 5.75. The number of aromatic nitrogens is 2. The molecule has 0 unspecified atom stereocenters. The maximum absolute atomic E-state index is 5.98. The van der Waals surface area contributed by atoms with Crippen LogP contribution in [0.1, 0.15) is 25.2 Å². The molecule has 74 valence electrons. The highest BCUT2D eigenvalue weighted by Crippen LogP contribution is 2.19. The standard InChI is InChI=1S/C11H15N3/c1-3-8(12)11-13-9-6-4-5-7-10(9)14(11)2/h4-8H,3,12H2,1-2H3/t8-/m1/s1. The first-order valence-corrected chi connectivity index (χ1v) is 4.91. The van der Waals surface area contributed by atoms with Crippen LogP contribution in [0, 0.1) is 0 Å². The zero-order valence-electron chi connectivity index (χ0n) is 8.57. The van der Waals surface area contributed by atoms with Gasteiger partial charge in [-0.05, 0) is 18.6 Å². The fourth-order valence-corrected chi connectivity index (χ4v) is 1.68. The summed E-state index contributed by atoms with van der Waals surface area (Å²) in [5.74, 6) is 0.966. The zero-order valence-corrected chi connectivity index (χ0v) is 8.57. The van der Waals surface area contributed by atoms with Crippen molar-refractivity contribution in [3.8, 4) is 0 Å². The summed E-state index contributed by atoms with van der Waals surface area (Å²) in [5.41, 5.74) is 8.14. The molecule has 0 fully saturated rings. The van der Waals surface area contributed by atoms with Gasteiger partial charge >= 0.3 is 0 Å². The van der Waals surface area contributed by atoms with Gasteiger partial charge in [0.15, 0.2) is 0 Å². The first-order chi connectivity index (χ1) is 6.74. The third kappa shape index (κ3) is 1.30. The maximum Gasteiger partial charge on any atom is 0.126 e. The van der Waals surface area contributed by atoms with Crippen LogP contribution in [0.3, 0.4) is 0 Å². The number of nitrogens with zero attached hydrogens (tertiary/aromatic N) is 2. The van der Waals surface area contributed by atoms with E-state index in [0.29, 0.717) is 0 Å². The average molecular weight is 189 g/mol. The molecule has 2 rings (SSSR count). The molecule has 1 aromatic heterocycles. The van der Waals surface area contributed by atoms with Crippen molar-refractivity contribution in [1.29, 1.82) is 0 Å². The number of nitrogens with two attached hydrogens (primary N) is 1. The van der Waals surface area contributed by atoms with Gasteiger partial charge in [-0.1, -0.05) is 19.1 Å². The van der Waals surface area contributed by atoms with E-state index in [1.54, 1.807) is 0 Å². The predicted molar refractivity (Wildman–Crippen MR) is 57.9 cm³/mol. The lowest BCUT2D eigenvalue weighted by Gasteiger charge is -2.07. The van der Waals surface area contributed by atoms with Crippen molar-refractivity contribution in [2.45, 2.75) is 19.4 Å². The molecule has 0 saturated heterocycles. The topological polar surface area (TPSA) is 43.8 Å². The van der Waals surface area contributed by atoms with Gasteiger partial charge in [0, 0.05) is 7.05 Å². The van der Waals surface area contributed by atoms with E-state index in [1.807, 2.05) is 25.2 Å². The van der Waals surface area contributed by atoms with Crippen LogP contribution in [-0.2, 0) is 7.05 Å². The van der Waals surface area contributed by atoms with Crippen LogP contribution in [0.2, 0.25) is 0 Å². The van der Waals surface area contributed by atoms with Gasteiger partial charge in [-0.2, -0.15) is 0 Å². The lowest BCUT2D eigenvalue weighted by Crippen LogP contribution is -2.13. The molecule has 1 aromatic carbocycles. The smallest absolute Gasteiger partial charge is 0.126 e. The number of fused-ring (bicyclic) bond motifs is 1. The molecule has 0 aliphatic heterocycles. The summed E-state index contributed by atoms with van der Waals surface area (Å²) < 4.78 is 2.07. The molecule has 2 N–H and O–H groups in total. The van der Waals surface area contributed by atoms with Gasteiger partial charge in [0.1, 0.15) is 5.82 Å². The van der Waals surface area contributed by atoms with Crippen LogP contribution < -0.4 is 5.73 Å². The van der Waals surface area contributed by atoms with E-state index in [0.717, 1.165) is 23.3 Å². The van der Waals surface area contributed by atoms with E-state index in [1.165, 1.54) is 0 Å². The molecule has 0 radical (unpaired) electrons. The molecule has 3 heteroatoms. The highest BCUT2D eigenvalue weighted by atomic mass is 15.1. The van der Waals surface area contributed by atoms with Crippen LogP contribution in [-0.4, -0.2) is 9.55 Å². The van der Waals surface area contributed by atoms with Crippen molar-refractivity contribution in [3.63, 3.8) is 0 Å². The number of hydrogen-bond acceptors (Lipinski definition) is 2. The largest absolute Gasteiger partial charge is 0.330 e. The van der Waals surface area contributed by atoms with Crippen LogP contribution in [0.4, 0.5) is 0 Å². The highest BCUT2D eigenvalue weighted by Gasteiger charge is 2.12. The fraction of sp³-hybridized carbons (Fsp3) is 0.364. The van der Waals surface area contributed by atoms with Gasteiger partial charge < -0.3 is 10.3 Å². The van der Waals surface area contributed by atoms with Crippen molar-refractivity contribution >= 4 is 11.0 Å². The Morgan fingerprint density at radius 2 is 2.14 bits per heavy atom. The van der Waals surface area contributed by atoms with Gasteiger partial charge in [-0.15, -0.1) is 0 Å². The summed E-state index contributed by atoms with van der Waals surface area (Å²) in [6.45, 7) is 2.07. The first kappa shape index (κ1) is 9.21. The molecule has 0 aliphatic carbocycles. The van der Waals surface area contributed by atoms with Gasteiger partial charge in [0.25, 0.3) is 0 Å². The molecular weight excluding hydrogens is 174 g/mol. The Kier molecular flexibility index (Phi) is 2.25. The summed E-state index contributed by atoms with van der Waals surface area (Å²) in [6, 6.07) is 8.13. The van der Waals surface area contributed by atoms with Gasteiger partial charge in [0.2, 0.25) is 0 Å². The number of para-hydroxylation sites is 2. The molecule has 0 spiro atoms. The second kappa shape index (κ2) is 3.42. The molecule has 1 atom stereocenters. The number of hydrogen-bond donors (Lipinski definition) is 1. The van der Waals surface area contributed by atoms with Crippen molar-refractivity contribution in [2.24, 2.45) is 12.8 Å². The van der Waals surface area contributed by atoms with Crippen LogP contribution in [0.25, 0.3) is 11.0 Å². The Hall–Kier alpha value is -1.35. The Balaban J connectivity index is 2.62. The van der Waals surface area contributed by atoms with Gasteiger partial charge in [-0.25, -0.2) is 4.98 Å². The molecular formula is C11H15N3. The number of imidazole rings is 1. The van der Waals surface area contributed by atoms with Crippen molar-refractivity contribution < 1.29 is 0 Å². The second-order valence-corrected chi connectivity index (χ2v) is 3.53. The maximum atomic E-state index is 5.98. The Bertz CT molecular complexity index is 445. The molecule has 0 amide bonds. The van der Waals surface area contributed by atoms with Crippen LogP contribution >= 0.6 is 0 Å². The molecule has 1 heterocycles. The third-order valence-corrected chi connectivity index (χ3v) is 2.59. The van der Waals surface area contributed by atoms with Gasteiger partial charge in [0.05, 0.1) is 17.1 Å². The van der Waals surface area contributed by atoms with Crippen LogP contribution in [0.5, 0.6) is 0 Å². The monoisotopic (exact) mass is 189 g/mol.